The van der Waals surface area contributed by atoms with E-state index in [0.29, 0.717) is 0 Å². The second-order valence-electron chi connectivity index (χ2n) is 4.88. The van der Waals surface area contributed by atoms with Crippen LogP contribution in [0.4, 0.5) is 0 Å². The quantitative estimate of drug-likeness (QED) is 0.660. The van der Waals surface area contributed by atoms with E-state index < -0.39 is 0 Å². The van der Waals surface area contributed by atoms with Crippen LogP contribution in [0.15, 0.2) is 0 Å². The first kappa shape index (κ1) is 10.5. The monoisotopic (exact) mass is 184 g/mol. The third-order valence-electron chi connectivity index (χ3n) is 2.62. The number of rotatable bonds is 1. The summed E-state index contributed by atoms with van der Waals surface area (Å²) in [6, 6.07) is -0.356. The molecule has 0 spiro atoms. The maximum absolute atomic E-state index is 11.8. The van der Waals surface area contributed by atoms with Gasteiger partial charge in [0, 0.05) is 13.1 Å². The fourth-order valence-corrected chi connectivity index (χ4v) is 1.50. The Labute approximate surface area is 80.3 Å². The minimum absolute atomic E-state index is 0.116. The molecule has 0 saturated carbocycles. The van der Waals surface area contributed by atoms with E-state index >= 15 is 0 Å². The number of amides is 1. The molecule has 1 fully saturated rings. The standard InChI is InChI=1S/C10H20N2O/c1-10(2,3)8(11)9(13)12-6-4-5-7-12/h8H,4-7,11H2,1-3H3/t8-/m1/s1. The molecule has 0 aliphatic carbocycles. The Balaban J connectivity index is 2.56. The predicted octanol–water partition coefficient (Wildman–Crippen LogP) is 0.982. The van der Waals surface area contributed by atoms with Crippen LogP contribution in [0.2, 0.25) is 0 Å². The van der Waals surface area contributed by atoms with Crippen molar-refractivity contribution in [3.63, 3.8) is 0 Å². The van der Waals surface area contributed by atoms with Gasteiger partial charge in [0.05, 0.1) is 6.04 Å². The van der Waals surface area contributed by atoms with Crippen LogP contribution in [0, 0.1) is 5.41 Å². The molecule has 0 aromatic rings. The Hall–Kier alpha value is -0.570. The highest BCUT2D eigenvalue weighted by atomic mass is 16.2. The van der Waals surface area contributed by atoms with Gasteiger partial charge in [0.2, 0.25) is 5.91 Å². The Morgan fingerprint density at radius 1 is 1.31 bits per heavy atom. The van der Waals surface area contributed by atoms with Gasteiger partial charge in [-0.3, -0.25) is 4.79 Å². The van der Waals surface area contributed by atoms with E-state index in [9.17, 15) is 4.79 Å². The van der Waals surface area contributed by atoms with Gasteiger partial charge in [-0.25, -0.2) is 0 Å². The van der Waals surface area contributed by atoms with Crippen molar-refractivity contribution in [2.45, 2.75) is 39.7 Å². The van der Waals surface area contributed by atoms with Crippen LogP contribution in [-0.4, -0.2) is 29.9 Å². The molecular weight excluding hydrogens is 164 g/mol. The summed E-state index contributed by atoms with van der Waals surface area (Å²) in [5, 5.41) is 0. The van der Waals surface area contributed by atoms with Gasteiger partial charge in [-0.2, -0.15) is 0 Å². The molecule has 0 bridgehead atoms. The molecule has 1 atom stereocenters. The van der Waals surface area contributed by atoms with Crippen molar-refractivity contribution in [2.75, 3.05) is 13.1 Å². The van der Waals surface area contributed by atoms with E-state index in [2.05, 4.69) is 0 Å². The molecule has 0 unspecified atom stereocenters. The van der Waals surface area contributed by atoms with E-state index in [0.717, 1.165) is 25.9 Å². The highest BCUT2D eigenvalue weighted by Crippen LogP contribution is 2.20. The topological polar surface area (TPSA) is 46.3 Å². The summed E-state index contributed by atoms with van der Waals surface area (Å²) in [4.78, 5) is 13.7. The molecule has 1 aliphatic rings. The average Bonchev–Trinajstić information content (AvgIpc) is 2.51. The molecule has 1 amide bonds. The second kappa shape index (κ2) is 3.66. The lowest BCUT2D eigenvalue weighted by atomic mass is 9.86. The van der Waals surface area contributed by atoms with Crippen LogP contribution < -0.4 is 5.73 Å². The highest BCUT2D eigenvalue weighted by Gasteiger charge is 2.31. The lowest BCUT2D eigenvalue weighted by Gasteiger charge is -2.29. The maximum Gasteiger partial charge on any atom is 0.240 e. The Morgan fingerprint density at radius 3 is 2.15 bits per heavy atom. The van der Waals surface area contributed by atoms with E-state index in [1.54, 1.807) is 0 Å². The van der Waals surface area contributed by atoms with E-state index in [4.69, 9.17) is 5.73 Å². The fourth-order valence-electron chi connectivity index (χ4n) is 1.50. The van der Waals surface area contributed by atoms with Crippen molar-refractivity contribution < 1.29 is 4.79 Å². The van der Waals surface area contributed by atoms with E-state index in [1.165, 1.54) is 0 Å². The summed E-state index contributed by atoms with van der Waals surface area (Å²) < 4.78 is 0. The summed E-state index contributed by atoms with van der Waals surface area (Å²) in [7, 11) is 0. The van der Waals surface area contributed by atoms with Crippen molar-refractivity contribution in [1.82, 2.24) is 4.90 Å². The lowest BCUT2D eigenvalue weighted by Crippen LogP contribution is -2.49. The minimum atomic E-state index is -0.356. The number of carbonyl (C=O) groups excluding carboxylic acids is 1. The predicted molar refractivity (Wildman–Crippen MR) is 53.2 cm³/mol. The number of nitrogens with two attached hydrogens (primary N) is 1. The fraction of sp³-hybridized carbons (Fsp3) is 0.900. The van der Waals surface area contributed by atoms with Crippen molar-refractivity contribution in [1.29, 1.82) is 0 Å². The third-order valence-corrected chi connectivity index (χ3v) is 2.62. The van der Waals surface area contributed by atoms with Crippen LogP contribution >= 0.6 is 0 Å². The summed E-state index contributed by atoms with van der Waals surface area (Å²) in [6.07, 6.45) is 2.26. The lowest BCUT2D eigenvalue weighted by molar-refractivity contribution is -0.133. The van der Waals surface area contributed by atoms with Gasteiger partial charge in [-0.05, 0) is 18.3 Å². The highest BCUT2D eigenvalue weighted by molar-refractivity contribution is 5.82. The molecule has 0 radical (unpaired) electrons. The van der Waals surface area contributed by atoms with Crippen LogP contribution in [-0.2, 0) is 4.79 Å². The first-order valence-electron chi connectivity index (χ1n) is 4.97. The zero-order valence-corrected chi connectivity index (χ0v) is 8.84. The van der Waals surface area contributed by atoms with Crippen LogP contribution in [0.5, 0.6) is 0 Å². The molecule has 1 aliphatic heterocycles. The van der Waals surface area contributed by atoms with Gasteiger partial charge in [-0.15, -0.1) is 0 Å². The van der Waals surface area contributed by atoms with Gasteiger partial charge < -0.3 is 10.6 Å². The second-order valence-corrected chi connectivity index (χ2v) is 4.88. The summed E-state index contributed by atoms with van der Waals surface area (Å²) in [5.41, 5.74) is 5.76. The molecular formula is C10H20N2O. The molecule has 2 N–H and O–H groups in total. The molecule has 3 nitrogen and oxygen atoms in total. The van der Waals surface area contributed by atoms with Crippen LogP contribution in [0.1, 0.15) is 33.6 Å². The Bertz CT molecular complexity index is 190. The number of carbonyl (C=O) groups is 1. The molecule has 1 heterocycles. The number of nitrogens with zero attached hydrogens (tertiary/aromatic N) is 1. The zero-order chi connectivity index (χ0) is 10.1. The molecule has 3 heteroatoms. The summed E-state index contributed by atoms with van der Waals surface area (Å²) in [6.45, 7) is 7.80. The SMILES string of the molecule is CC(C)(C)[C@H](N)C(=O)N1CCCC1. The normalized spacial score (nSPS) is 20.5. The van der Waals surface area contributed by atoms with E-state index in [-0.39, 0.29) is 17.4 Å². The summed E-state index contributed by atoms with van der Waals surface area (Å²) >= 11 is 0. The molecule has 76 valence electrons. The maximum atomic E-state index is 11.8. The Kier molecular flexibility index (Phi) is 2.96. The van der Waals surface area contributed by atoms with Gasteiger partial charge in [0.1, 0.15) is 0 Å². The molecule has 0 aromatic heterocycles. The van der Waals surface area contributed by atoms with Gasteiger partial charge >= 0.3 is 0 Å². The molecule has 1 rings (SSSR count). The van der Waals surface area contributed by atoms with Gasteiger partial charge in [0.25, 0.3) is 0 Å². The first-order chi connectivity index (χ1) is 5.93. The van der Waals surface area contributed by atoms with Crippen molar-refractivity contribution in [2.24, 2.45) is 11.1 Å². The van der Waals surface area contributed by atoms with Crippen molar-refractivity contribution in [3.05, 3.63) is 0 Å². The zero-order valence-electron chi connectivity index (χ0n) is 8.84. The average molecular weight is 184 g/mol. The van der Waals surface area contributed by atoms with Gasteiger partial charge in [0.15, 0.2) is 0 Å². The van der Waals surface area contributed by atoms with Crippen LogP contribution in [0.3, 0.4) is 0 Å². The first-order valence-corrected chi connectivity index (χ1v) is 4.97. The largest absolute Gasteiger partial charge is 0.341 e. The minimum Gasteiger partial charge on any atom is -0.341 e. The molecule has 13 heavy (non-hydrogen) atoms. The number of hydrogen-bond donors (Lipinski definition) is 1. The van der Waals surface area contributed by atoms with Crippen LogP contribution in [0.25, 0.3) is 0 Å². The van der Waals surface area contributed by atoms with Crippen molar-refractivity contribution >= 4 is 5.91 Å². The molecule has 1 saturated heterocycles. The van der Waals surface area contributed by atoms with Crippen molar-refractivity contribution in [3.8, 4) is 0 Å². The smallest absolute Gasteiger partial charge is 0.240 e. The third kappa shape index (κ3) is 2.44. The number of likely N-dealkylation sites (tertiary alicyclic amines) is 1. The number of hydrogen-bond acceptors (Lipinski definition) is 2. The van der Waals surface area contributed by atoms with Gasteiger partial charge in [-0.1, -0.05) is 20.8 Å². The Morgan fingerprint density at radius 2 is 1.77 bits per heavy atom. The van der Waals surface area contributed by atoms with E-state index in [1.807, 2.05) is 25.7 Å². The molecule has 0 aromatic carbocycles. The summed E-state index contributed by atoms with van der Waals surface area (Å²) in [5.74, 6) is 0.116.